The molecule has 0 heterocycles. The van der Waals surface area contributed by atoms with Crippen molar-refractivity contribution < 1.29 is 14.6 Å². The Morgan fingerprint density at radius 3 is 2.44 bits per heavy atom. The van der Waals surface area contributed by atoms with Crippen LogP contribution in [0.5, 0.6) is 5.75 Å². The van der Waals surface area contributed by atoms with Crippen LogP contribution in [0, 0.1) is 0 Å². The minimum absolute atomic E-state index is 0.0808. The van der Waals surface area contributed by atoms with E-state index >= 15 is 0 Å². The quantitative estimate of drug-likeness (QED) is 0.738. The highest BCUT2D eigenvalue weighted by molar-refractivity contribution is 5.26. The number of aromatic hydroxyl groups is 1. The van der Waals surface area contributed by atoms with Crippen LogP contribution < -0.4 is 5.32 Å². The van der Waals surface area contributed by atoms with Crippen LogP contribution >= 0.6 is 0 Å². The molecule has 18 heavy (non-hydrogen) atoms. The Morgan fingerprint density at radius 2 is 1.89 bits per heavy atom. The van der Waals surface area contributed by atoms with E-state index in [2.05, 4.69) is 12.2 Å². The summed E-state index contributed by atoms with van der Waals surface area (Å²) in [7, 11) is 3.36. The number of nitrogens with one attached hydrogen (secondary N) is 1. The monoisotopic (exact) mass is 253 g/mol. The number of phenolic OH excluding ortho intramolecular Hbond substituents is 1. The molecule has 102 valence electrons. The van der Waals surface area contributed by atoms with E-state index in [1.807, 2.05) is 12.1 Å². The molecule has 0 saturated heterocycles. The van der Waals surface area contributed by atoms with Gasteiger partial charge in [-0.3, -0.25) is 0 Å². The highest BCUT2D eigenvalue weighted by Gasteiger charge is 2.09. The van der Waals surface area contributed by atoms with Crippen molar-refractivity contribution in [3.05, 3.63) is 29.8 Å². The molecule has 1 rings (SSSR count). The summed E-state index contributed by atoms with van der Waals surface area (Å²) in [5.41, 5.74) is 1.20. The summed E-state index contributed by atoms with van der Waals surface area (Å²) >= 11 is 0. The molecule has 1 aromatic rings. The zero-order valence-corrected chi connectivity index (χ0v) is 11.3. The fourth-order valence-electron chi connectivity index (χ4n) is 1.79. The molecule has 0 spiro atoms. The minimum Gasteiger partial charge on any atom is -0.508 e. The lowest BCUT2D eigenvalue weighted by molar-refractivity contribution is 0.0276. The molecule has 4 nitrogen and oxygen atoms in total. The lowest BCUT2D eigenvalue weighted by atomic mass is 10.1. The van der Waals surface area contributed by atoms with E-state index in [0.29, 0.717) is 18.4 Å². The van der Waals surface area contributed by atoms with Gasteiger partial charge in [0.1, 0.15) is 5.75 Å². The number of benzene rings is 1. The fourth-order valence-corrected chi connectivity index (χ4v) is 1.79. The van der Waals surface area contributed by atoms with Crippen molar-refractivity contribution in [1.82, 2.24) is 5.32 Å². The van der Waals surface area contributed by atoms with Crippen LogP contribution in [-0.2, 0) is 15.9 Å². The molecule has 0 amide bonds. The fraction of sp³-hybridized carbons (Fsp3) is 0.571. The largest absolute Gasteiger partial charge is 0.508 e. The van der Waals surface area contributed by atoms with E-state index in [1.54, 1.807) is 26.4 Å². The van der Waals surface area contributed by atoms with Crippen molar-refractivity contribution in [3.8, 4) is 5.75 Å². The second kappa shape index (κ2) is 8.08. The van der Waals surface area contributed by atoms with Gasteiger partial charge in [-0.05, 0) is 31.0 Å². The summed E-state index contributed by atoms with van der Waals surface area (Å²) in [6.45, 7) is 3.49. The van der Waals surface area contributed by atoms with Crippen molar-refractivity contribution in [2.75, 3.05) is 27.4 Å². The molecule has 1 aromatic carbocycles. The Hall–Kier alpha value is -1.10. The highest BCUT2D eigenvalue weighted by atomic mass is 16.5. The highest BCUT2D eigenvalue weighted by Crippen LogP contribution is 2.11. The summed E-state index contributed by atoms with van der Waals surface area (Å²) in [5.74, 6) is 0.305. The summed E-state index contributed by atoms with van der Waals surface area (Å²) in [5, 5.41) is 12.6. The van der Waals surface area contributed by atoms with Gasteiger partial charge in [-0.15, -0.1) is 0 Å². The molecule has 0 aliphatic carbocycles. The normalized spacial score (nSPS) is 14.4. The van der Waals surface area contributed by atoms with E-state index in [9.17, 15) is 5.11 Å². The Morgan fingerprint density at radius 1 is 1.22 bits per heavy atom. The molecular formula is C14H23NO3. The van der Waals surface area contributed by atoms with Crippen LogP contribution in [0.25, 0.3) is 0 Å². The van der Waals surface area contributed by atoms with E-state index in [-0.39, 0.29) is 6.10 Å². The molecule has 0 fully saturated rings. The summed E-state index contributed by atoms with van der Waals surface area (Å²) in [6, 6.07) is 7.66. The standard InChI is InChI=1S/C14H23NO3/c1-11(15-9-14(18-3)10-17-2)8-12-4-6-13(16)7-5-12/h4-7,11,14-16H,8-10H2,1-3H3. The van der Waals surface area contributed by atoms with Gasteiger partial charge in [-0.2, -0.15) is 0 Å². The third-order valence-corrected chi connectivity index (χ3v) is 2.86. The first-order valence-electron chi connectivity index (χ1n) is 6.18. The molecule has 2 atom stereocenters. The molecular weight excluding hydrogens is 230 g/mol. The minimum atomic E-state index is 0.0808. The number of hydrogen-bond acceptors (Lipinski definition) is 4. The van der Waals surface area contributed by atoms with Gasteiger partial charge in [0.25, 0.3) is 0 Å². The SMILES string of the molecule is COCC(CNC(C)Cc1ccc(O)cc1)OC. The van der Waals surface area contributed by atoms with Gasteiger partial charge in [0.2, 0.25) is 0 Å². The van der Waals surface area contributed by atoms with Crippen molar-refractivity contribution in [2.45, 2.75) is 25.5 Å². The Bertz CT molecular complexity index is 326. The second-order valence-electron chi connectivity index (χ2n) is 4.49. The maximum Gasteiger partial charge on any atom is 0.115 e. The molecule has 0 saturated carbocycles. The molecule has 4 heteroatoms. The van der Waals surface area contributed by atoms with Crippen molar-refractivity contribution in [3.63, 3.8) is 0 Å². The molecule has 0 radical (unpaired) electrons. The first kappa shape index (κ1) is 15.0. The van der Waals surface area contributed by atoms with Crippen molar-refractivity contribution >= 4 is 0 Å². The van der Waals surface area contributed by atoms with Crippen LogP contribution in [0.2, 0.25) is 0 Å². The van der Waals surface area contributed by atoms with Gasteiger partial charge in [-0.1, -0.05) is 12.1 Å². The van der Waals surface area contributed by atoms with Gasteiger partial charge in [0.05, 0.1) is 12.7 Å². The van der Waals surface area contributed by atoms with Gasteiger partial charge in [0.15, 0.2) is 0 Å². The Kier molecular flexibility index (Phi) is 6.72. The molecule has 2 unspecified atom stereocenters. The van der Waals surface area contributed by atoms with E-state index in [1.165, 1.54) is 5.56 Å². The topological polar surface area (TPSA) is 50.7 Å². The number of hydrogen-bond donors (Lipinski definition) is 2. The molecule has 0 aliphatic heterocycles. The third-order valence-electron chi connectivity index (χ3n) is 2.86. The van der Waals surface area contributed by atoms with E-state index < -0.39 is 0 Å². The molecule has 0 aliphatic rings. The lowest BCUT2D eigenvalue weighted by Crippen LogP contribution is -2.37. The third kappa shape index (κ3) is 5.49. The molecule has 0 bridgehead atoms. The average Bonchev–Trinajstić information content (AvgIpc) is 2.37. The van der Waals surface area contributed by atoms with Gasteiger partial charge >= 0.3 is 0 Å². The summed E-state index contributed by atoms with van der Waals surface area (Å²) in [4.78, 5) is 0. The van der Waals surface area contributed by atoms with Crippen LogP contribution in [0.3, 0.4) is 0 Å². The molecule has 0 aromatic heterocycles. The average molecular weight is 253 g/mol. The maximum atomic E-state index is 9.21. The van der Waals surface area contributed by atoms with Crippen molar-refractivity contribution in [1.29, 1.82) is 0 Å². The van der Waals surface area contributed by atoms with E-state index in [0.717, 1.165) is 13.0 Å². The van der Waals surface area contributed by atoms with Crippen LogP contribution in [0.15, 0.2) is 24.3 Å². The predicted molar refractivity (Wildman–Crippen MR) is 71.9 cm³/mol. The first-order valence-corrected chi connectivity index (χ1v) is 6.18. The van der Waals surface area contributed by atoms with Crippen LogP contribution in [-0.4, -0.2) is 44.6 Å². The number of ether oxygens (including phenoxy) is 2. The number of rotatable bonds is 8. The number of methoxy groups -OCH3 is 2. The van der Waals surface area contributed by atoms with Crippen LogP contribution in [0.1, 0.15) is 12.5 Å². The smallest absolute Gasteiger partial charge is 0.115 e. The van der Waals surface area contributed by atoms with Crippen LogP contribution in [0.4, 0.5) is 0 Å². The van der Waals surface area contributed by atoms with E-state index in [4.69, 9.17) is 9.47 Å². The predicted octanol–water partition coefficient (Wildman–Crippen LogP) is 1.57. The zero-order chi connectivity index (χ0) is 13.4. The van der Waals surface area contributed by atoms with Gasteiger partial charge in [-0.25, -0.2) is 0 Å². The molecule has 2 N–H and O–H groups in total. The summed E-state index contributed by atoms with van der Waals surface area (Å²) in [6.07, 6.45) is 1.00. The first-order chi connectivity index (χ1) is 8.65. The Balaban J connectivity index is 2.32. The summed E-state index contributed by atoms with van der Waals surface area (Å²) < 4.78 is 10.4. The van der Waals surface area contributed by atoms with Crippen molar-refractivity contribution in [2.24, 2.45) is 0 Å². The Labute approximate surface area is 109 Å². The van der Waals surface area contributed by atoms with Gasteiger partial charge in [0, 0.05) is 26.8 Å². The lowest BCUT2D eigenvalue weighted by Gasteiger charge is -2.19. The number of phenols is 1. The maximum absolute atomic E-state index is 9.21. The second-order valence-corrected chi connectivity index (χ2v) is 4.49. The van der Waals surface area contributed by atoms with Gasteiger partial charge < -0.3 is 19.9 Å². The zero-order valence-electron chi connectivity index (χ0n) is 11.3.